The fourth-order valence-electron chi connectivity index (χ4n) is 4.03. The van der Waals surface area contributed by atoms with E-state index in [1.165, 1.54) is 16.0 Å². The van der Waals surface area contributed by atoms with Gasteiger partial charge in [0.15, 0.2) is 6.54 Å². The Morgan fingerprint density at radius 3 is 2.69 bits per heavy atom. The summed E-state index contributed by atoms with van der Waals surface area (Å²) in [6, 6.07) is 10.9. The van der Waals surface area contributed by atoms with Crippen molar-refractivity contribution in [2.75, 3.05) is 37.6 Å². The number of hydrogen-bond acceptors (Lipinski definition) is 5. The van der Waals surface area contributed by atoms with Crippen molar-refractivity contribution in [2.45, 2.75) is 25.8 Å². The van der Waals surface area contributed by atoms with Gasteiger partial charge in [-0.2, -0.15) is 0 Å². The molecular formula is C22H26N5OS+. The first-order valence-electron chi connectivity index (χ1n) is 10.4. The highest BCUT2D eigenvalue weighted by molar-refractivity contribution is 7.17. The largest absolute Gasteiger partial charge is 0.348 e. The van der Waals surface area contributed by atoms with Crippen molar-refractivity contribution < 1.29 is 9.69 Å². The summed E-state index contributed by atoms with van der Waals surface area (Å²) in [6.45, 7) is 6.26. The van der Waals surface area contributed by atoms with Gasteiger partial charge in [-0.25, -0.2) is 9.97 Å². The van der Waals surface area contributed by atoms with Gasteiger partial charge in [-0.15, -0.1) is 11.3 Å². The molecule has 1 aromatic carbocycles. The average Bonchev–Trinajstić information content (AvgIpc) is 3.44. The van der Waals surface area contributed by atoms with Crippen LogP contribution < -0.4 is 15.1 Å². The second-order valence-electron chi connectivity index (χ2n) is 8.05. The number of carbonyl (C=O) groups is 1. The number of hydrogen-bond donors (Lipinski definition) is 2. The van der Waals surface area contributed by atoms with Gasteiger partial charge in [-0.1, -0.05) is 30.3 Å². The Balaban J connectivity index is 1.37. The number of benzene rings is 1. The molecule has 2 N–H and O–H groups in total. The lowest BCUT2D eigenvalue weighted by Crippen LogP contribution is -3.16. The van der Waals surface area contributed by atoms with Crippen molar-refractivity contribution in [3.63, 3.8) is 0 Å². The third kappa shape index (κ3) is 3.97. The highest BCUT2D eigenvalue weighted by atomic mass is 32.1. The number of piperazine rings is 1. The van der Waals surface area contributed by atoms with E-state index >= 15 is 0 Å². The third-order valence-corrected chi connectivity index (χ3v) is 6.61. The Hall–Kier alpha value is -2.51. The number of anilines is 1. The fourth-order valence-corrected chi connectivity index (χ4v) is 5.02. The molecule has 7 heteroatoms. The Bertz CT molecular complexity index is 1020. The van der Waals surface area contributed by atoms with Gasteiger partial charge >= 0.3 is 0 Å². The molecule has 1 aliphatic carbocycles. The topological polar surface area (TPSA) is 62.6 Å². The van der Waals surface area contributed by atoms with Crippen LogP contribution in [0.25, 0.3) is 21.3 Å². The molecule has 0 radical (unpaired) electrons. The zero-order chi connectivity index (χ0) is 19.8. The number of quaternary nitrogens is 1. The molecule has 5 rings (SSSR count). The lowest BCUT2D eigenvalue weighted by atomic mass is 10.1. The highest BCUT2D eigenvalue weighted by Crippen LogP contribution is 2.38. The normalized spacial score (nSPS) is 17.6. The van der Waals surface area contributed by atoms with Crippen molar-refractivity contribution in [1.29, 1.82) is 0 Å². The third-order valence-electron chi connectivity index (χ3n) is 5.73. The van der Waals surface area contributed by atoms with Gasteiger partial charge in [0.25, 0.3) is 5.91 Å². The number of carbonyl (C=O) groups excluding carboxylic acids is 1. The molecule has 0 atom stereocenters. The number of thiophene rings is 1. The van der Waals surface area contributed by atoms with Gasteiger partial charge in [-0.3, -0.25) is 4.79 Å². The summed E-state index contributed by atoms with van der Waals surface area (Å²) in [5.74, 6) is 2.04. The molecule has 2 aromatic heterocycles. The Kier molecular flexibility index (Phi) is 4.93. The lowest BCUT2D eigenvalue weighted by molar-refractivity contribution is -0.892. The van der Waals surface area contributed by atoms with Gasteiger partial charge < -0.3 is 15.1 Å². The van der Waals surface area contributed by atoms with Crippen molar-refractivity contribution in [3.8, 4) is 11.1 Å². The number of aryl methyl sites for hydroxylation is 1. The van der Waals surface area contributed by atoms with Crippen LogP contribution in [0.3, 0.4) is 0 Å². The van der Waals surface area contributed by atoms with Crippen LogP contribution in [-0.4, -0.2) is 54.6 Å². The minimum atomic E-state index is 0.195. The molecule has 6 nitrogen and oxygen atoms in total. The zero-order valence-corrected chi connectivity index (χ0v) is 17.5. The Morgan fingerprint density at radius 2 is 1.97 bits per heavy atom. The fraction of sp³-hybridized carbons (Fsp3) is 0.409. The Morgan fingerprint density at radius 1 is 1.21 bits per heavy atom. The Labute approximate surface area is 174 Å². The van der Waals surface area contributed by atoms with E-state index in [0.717, 1.165) is 60.9 Å². The summed E-state index contributed by atoms with van der Waals surface area (Å²) >= 11 is 1.69. The van der Waals surface area contributed by atoms with E-state index in [1.54, 1.807) is 11.3 Å². The second kappa shape index (κ2) is 7.72. The molecule has 150 valence electrons. The minimum Gasteiger partial charge on any atom is -0.348 e. The van der Waals surface area contributed by atoms with Gasteiger partial charge in [-0.05, 0) is 25.3 Å². The van der Waals surface area contributed by atoms with E-state index in [4.69, 9.17) is 4.98 Å². The van der Waals surface area contributed by atoms with Crippen molar-refractivity contribution >= 4 is 33.3 Å². The SMILES string of the molecule is Cc1nc(N2CC[NH+](CC(=O)NC3CC3)CC2)c2c(-c3ccccc3)csc2n1. The lowest BCUT2D eigenvalue weighted by Gasteiger charge is -2.33. The van der Waals surface area contributed by atoms with Crippen molar-refractivity contribution in [1.82, 2.24) is 15.3 Å². The standard InChI is InChI=1S/C22H25N5OS/c1-15-23-21(20-18(14-29-22(20)24-15)16-5-3-2-4-6-16)27-11-9-26(10-12-27)13-19(28)25-17-7-8-17/h2-6,14,17H,7-13H2,1H3,(H,25,28)/p+1. The quantitative estimate of drug-likeness (QED) is 0.674. The van der Waals surface area contributed by atoms with E-state index in [9.17, 15) is 4.79 Å². The maximum atomic E-state index is 12.1. The number of nitrogens with zero attached hydrogens (tertiary/aromatic N) is 3. The number of fused-ring (bicyclic) bond motifs is 1. The summed E-state index contributed by atoms with van der Waals surface area (Å²) in [5, 5.41) is 6.46. The van der Waals surface area contributed by atoms with Crippen LogP contribution in [-0.2, 0) is 4.79 Å². The van der Waals surface area contributed by atoms with E-state index in [1.807, 2.05) is 13.0 Å². The van der Waals surface area contributed by atoms with E-state index in [2.05, 4.69) is 44.8 Å². The van der Waals surface area contributed by atoms with Crippen molar-refractivity contribution in [2.24, 2.45) is 0 Å². The number of nitrogens with one attached hydrogen (secondary N) is 2. The van der Waals surface area contributed by atoms with Crippen LogP contribution in [0.1, 0.15) is 18.7 Å². The summed E-state index contributed by atoms with van der Waals surface area (Å²) in [5.41, 5.74) is 2.41. The predicted molar refractivity (Wildman–Crippen MR) is 117 cm³/mol. The molecule has 3 aromatic rings. The van der Waals surface area contributed by atoms with Crippen LogP contribution in [0.4, 0.5) is 5.82 Å². The smallest absolute Gasteiger partial charge is 0.275 e. The van der Waals surface area contributed by atoms with Crippen LogP contribution in [0.15, 0.2) is 35.7 Å². The second-order valence-corrected chi connectivity index (χ2v) is 8.90. The molecule has 1 amide bonds. The van der Waals surface area contributed by atoms with Crippen LogP contribution in [0.5, 0.6) is 0 Å². The maximum absolute atomic E-state index is 12.1. The van der Waals surface area contributed by atoms with E-state index in [0.29, 0.717) is 12.6 Å². The molecule has 2 aliphatic rings. The van der Waals surface area contributed by atoms with Gasteiger partial charge in [0.05, 0.1) is 31.6 Å². The number of amides is 1. The average molecular weight is 409 g/mol. The first kappa shape index (κ1) is 18.5. The van der Waals surface area contributed by atoms with Gasteiger partial charge in [0.1, 0.15) is 16.5 Å². The molecule has 0 spiro atoms. The summed E-state index contributed by atoms with van der Waals surface area (Å²) in [7, 11) is 0. The molecule has 1 saturated heterocycles. The predicted octanol–water partition coefficient (Wildman–Crippen LogP) is 1.65. The molecular weight excluding hydrogens is 382 g/mol. The molecule has 2 fully saturated rings. The summed E-state index contributed by atoms with van der Waals surface area (Å²) in [6.07, 6.45) is 2.28. The number of aromatic nitrogens is 2. The monoisotopic (exact) mass is 408 g/mol. The van der Waals surface area contributed by atoms with Gasteiger partial charge in [0, 0.05) is 17.0 Å². The molecule has 1 aliphatic heterocycles. The van der Waals surface area contributed by atoms with Crippen LogP contribution >= 0.6 is 11.3 Å². The first-order chi connectivity index (χ1) is 14.2. The van der Waals surface area contributed by atoms with E-state index < -0.39 is 0 Å². The first-order valence-corrected chi connectivity index (χ1v) is 11.2. The molecule has 1 saturated carbocycles. The highest BCUT2D eigenvalue weighted by Gasteiger charge is 2.28. The zero-order valence-electron chi connectivity index (χ0n) is 16.6. The van der Waals surface area contributed by atoms with Crippen LogP contribution in [0.2, 0.25) is 0 Å². The molecule has 0 unspecified atom stereocenters. The maximum Gasteiger partial charge on any atom is 0.275 e. The minimum absolute atomic E-state index is 0.195. The molecule has 3 heterocycles. The molecule has 29 heavy (non-hydrogen) atoms. The van der Waals surface area contributed by atoms with E-state index in [-0.39, 0.29) is 5.91 Å². The summed E-state index contributed by atoms with van der Waals surface area (Å²) in [4.78, 5) is 26.4. The van der Waals surface area contributed by atoms with Crippen molar-refractivity contribution in [3.05, 3.63) is 41.5 Å². The van der Waals surface area contributed by atoms with Crippen LogP contribution in [0, 0.1) is 6.92 Å². The number of rotatable bonds is 5. The van der Waals surface area contributed by atoms with Gasteiger partial charge in [0.2, 0.25) is 0 Å². The molecule has 0 bridgehead atoms. The summed E-state index contributed by atoms with van der Waals surface area (Å²) < 4.78 is 0.